The van der Waals surface area contributed by atoms with Crippen LogP contribution < -0.4 is 14.4 Å². The van der Waals surface area contributed by atoms with Crippen molar-refractivity contribution in [2.45, 2.75) is 105 Å². The molecule has 4 heteroatoms. The van der Waals surface area contributed by atoms with E-state index < -0.39 is 0 Å². The molecule has 0 amide bonds. The molecule has 4 nitrogen and oxygen atoms in total. The number of pyridine rings is 1. The molecule has 2 atom stereocenters. The van der Waals surface area contributed by atoms with Crippen LogP contribution in [0.25, 0.3) is 0 Å². The normalized spacial score (nSPS) is 21.8. The number of ether oxygens (including phenoxy) is 1. The number of rotatable bonds is 9. The van der Waals surface area contributed by atoms with Crippen molar-refractivity contribution in [3.63, 3.8) is 0 Å². The lowest BCUT2D eigenvalue weighted by atomic mass is 9.79. The van der Waals surface area contributed by atoms with E-state index in [0.29, 0.717) is 5.92 Å². The minimum Gasteiger partial charge on any atom is -0.485 e. The molecule has 2 aliphatic heterocycles. The fraction of sp³-hybridized carbons (Fsp3) is 0.444. The zero-order valence-corrected chi connectivity index (χ0v) is 31.9. The van der Waals surface area contributed by atoms with Crippen molar-refractivity contribution in [2.75, 3.05) is 22.9 Å². The Balaban J connectivity index is 1.42. The Morgan fingerprint density at radius 2 is 1.51 bits per heavy atom. The molecule has 3 aromatic rings. The van der Waals surface area contributed by atoms with E-state index in [1.165, 1.54) is 56.0 Å². The molecule has 0 saturated carbocycles. The first-order valence-electron chi connectivity index (χ1n) is 18.5. The Labute approximate surface area is 296 Å². The number of likely N-dealkylation sites (N-methyl/N-ethyl adjacent to an activating group) is 2. The molecule has 2 unspecified atom stereocenters. The summed E-state index contributed by atoms with van der Waals surface area (Å²) in [6.45, 7) is 24.9. The first-order valence-corrected chi connectivity index (χ1v) is 18.5. The van der Waals surface area contributed by atoms with Gasteiger partial charge in [0.2, 0.25) is 0 Å². The first kappa shape index (κ1) is 34.8. The third-order valence-corrected chi connectivity index (χ3v) is 11.3. The molecule has 3 aliphatic rings. The monoisotopic (exact) mass is 656 g/mol. The van der Waals surface area contributed by atoms with Gasteiger partial charge in [-0.25, -0.2) is 4.57 Å². The number of hydrogen-bond acceptors (Lipinski definition) is 3. The molecular weight excluding hydrogens is 599 g/mol. The maximum absolute atomic E-state index is 7.21. The summed E-state index contributed by atoms with van der Waals surface area (Å²) < 4.78 is 9.30. The number of nitrogens with zero attached hydrogens (tertiary/aromatic N) is 3. The standard InChI is InChI=1S/C45H58N3O/c1-12-47-38-20-14-31(5)28-36(38)44(7,8)40(47)22-18-33-16-17-34(43(33)49-42(30(3)4)35-24-26-46(11)27-25-35)19-23-41-45(9,10)37-29-32(6)15-21-39(37)48(41)13-2/h14-15,18-30,40,42H,12-13,16-17H2,1-11H3/q+1/b22-18+,34-19+,41-23+. The van der Waals surface area contributed by atoms with Crippen LogP contribution in [0.5, 0.6) is 0 Å². The van der Waals surface area contributed by atoms with Crippen LogP contribution in [-0.2, 0) is 22.6 Å². The average Bonchev–Trinajstić information content (AvgIpc) is 3.61. The van der Waals surface area contributed by atoms with Gasteiger partial charge in [-0.3, -0.25) is 0 Å². The van der Waals surface area contributed by atoms with Crippen molar-refractivity contribution in [1.29, 1.82) is 0 Å². The molecule has 0 radical (unpaired) electrons. The van der Waals surface area contributed by atoms with E-state index in [1.54, 1.807) is 0 Å². The minimum atomic E-state index is -0.0778. The number of allylic oxidation sites excluding steroid dienone is 6. The van der Waals surface area contributed by atoms with Gasteiger partial charge in [0.1, 0.15) is 18.9 Å². The van der Waals surface area contributed by atoms with Crippen molar-refractivity contribution < 1.29 is 9.30 Å². The smallest absolute Gasteiger partial charge is 0.168 e. The van der Waals surface area contributed by atoms with Crippen LogP contribution in [0.2, 0.25) is 0 Å². The van der Waals surface area contributed by atoms with E-state index in [1.807, 2.05) is 0 Å². The summed E-state index contributed by atoms with van der Waals surface area (Å²) in [5, 5.41) is 0. The molecule has 0 saturated heterocycles. The number of aromatic nitrogens is 1. The van der Waals surface area contributed by atoms with E-state index in [4.69, 9.17) is 4.74 Å². The van der Waals surface area contributed by atoms with Gasteiger partial charge in [-0.15, -0.1) is 0 Å². The van der Waals surface area contributed by atoms with Crippen LogP contribution in [0.15, 0.2) is 108 Å². The maximum atomic E-state index is 7.21. The van der Waals surface area contributed by atoms with Gasteiger partial charge in [0.25, 0.3) is 0 Å². The Bertz CT molecular complexity index is 1840. The van der Waals surface area contributed by atoms with Gasteiger partial charge in [-0.2, -0.15) is 0 Å². The fourth-order valence-corrected chi connectivity index (χ4v) is 8.43. The molecule has 1 aromatic heterocycles. The Kier molecular flexibility index (Phi) is 9.48. The number of fused-ring (bicyclic) bond motifs is 2. The van der Waals surface area contributed by atoms with Crippen molar-refractivity contribution >= 4 is 11.4 Å². The van der Waals surface area contributed by atoms with E-state index in [2.05, 4.69) is 176 Å². The second-order valence-corrected chi connectivity index (χ2v) is 15.9. The zero-order chi connectivity index (χ0) is 35.2. The van der Waals surface area contributed by atoms with Crippen molar-refractivity contribution in [3.8, 4) is 0 Å². The number of hydrogen-bond donors (Lipinski definition) is 0. The number of benzene rings is 2. The molecular formula is C45H58N3O+. The lowest BCUT2D eigenvalue weighted by molar-refractivity contribution is -0.671. The third kappa shape index (κ3) is 6.28. The highest BCUT2D eigenvalue weighted by molar-refractivity contribution is 5.71. The molecule has 49 heavy (non-hydrogen) atoms. The van der Waals surface area contributed by atoms with Crippen molar-refractivity contribution in [2.24, 2.45) is 13.0 Å². The average molecular weight is 657 g/mol. The molecule has 3 heterocycles. The topological polar surface area (TPSA) is 19.6 Å². The van der Waals surface area contributed by atoms with E-state index in [-0.39, 0.29) is 23.0 Å². The summed E-state index contributed by atoms with van der Waals surface area (Å²) in [4.78, 5) is 5.07. The SMILES string of the molecule is CCN1/C(=C/C=C2\CCC(/C=C/C3N(CC)c4ccc(C)cc4C3(C)C)=C2OC(c2cc[n+](C)cc2)C(C)C)C(C)(C)c2cc(C)ccc21. The van der Waals surface area contributed by atoms with E-state index in [0.717, 1.165) is 31.7 Å². The third-order valence-electron chi connectivity index (χ3n) is 11.3. The largest absolute Gasteiger partial charge is 0.485 e. The van der Waals surface area contributed by atoms with Gasteiger partial charge in [-0.1, -0.05) is 95.2 Å². The Morgan fingerprint density at radius 3 is 2.14 bits per heavy atom. The minimum absolute atomic E-state index is 0.00218. The molecule has 0 fully saturated rings. The Hall–Kier alpha value is -4.05. The summed E-state index contributed by atoms with van der Waals surface area (Å²) >= 11 is 0. The van der Waals surface area contributed by atoms with Crippen LogP contribution >= 0.6 is 0 Å². The second-order valence-electron chi connectivity index (χ2n) is 15.9. The van der Waals surface area contributed by atoms with Crippen LogP contribution in [0, 0.1) is 19.8 Å². The molecule has 2 aromatic carbocycles. The summed E-state index contributed by atoms with van der Waals surface area (Å²) in [5.41, 5.74) is 13.3. The van der Waals surface area contributed by atoms with Gasteiger partial charge >= 0.3 is 0 Å². The highest BCUT2D eigenvalue weighted by atomic mass is 16.5. The van der Waals surface area contributed by atoms with Crippen LogP contribution in [-0.4, -0.2) is 19.1 Å². The molecule has 0 bridgehead atoms. The predicted octanol–water partition coefficient (Wildman–Crippen LogP) is 10.3. The van der Waals surface area contributed by atoms with E-state index >= 15 is 0 Å². The fourth-order valence-electron chi connectivity index (χ4n) is 8.43. The first-order chi connectivity index (χ1) is 23.3. The highest BCUT2D eigenvalue weighted by Gasteiger charge is 2.43. The lowest BCUT2D eigenvalue weighted by Crippen LogP contribution is -2.39. The number of aryl methyl sites for hydroxylation is 3. The maximum Gasteiger partial charge on any atom is 0.168 e. The quantitative estimate of drug-likeness (QED) is 0.214. The van der Waals surface area contributed by atoms with E-state index in [9.17, 15) is 0 Å². The summed E-state index contributed by atoms with van der Waals surface area (Å²) in [6.07, 6.45) is 15.8. The molecule has 0 spiro atoms. The van der Waals surface area contributed by atoms with Gasteiger partial charge in [0.05, 0.1) is 6.04 Å². The molecule has 258 valence electrons. The van der Waals surface area contributed by atoms with Crippen LogP contribution in [0.4, 0.5) is 11.4 Å². The van der Waals surface area contributed by atoms with Crippen LogP contribution in [0.1, 0.15) is 102 Å². The number of anilines is 2. The van der Waals surface area contributed by atoms with Crippen LogP contribution in [0.3, 0.4) is 0 Å². The van der Waals surface area contributed by atoms with Crippen molar-refractivity contribution in [1.82, 2.24) is 0 Å². The molecule has 0 N–H and O–H groups in total. The van der Waals surface area contributed by atoms with Gasteiger partial charge < -0.3 is 14.5 Å². The summed E-state index contributed by atoms with van der Waals surface area (Å²) in [6, 6.07) is 18.6. The van der Waals surface area contributed by atoms with Gasteiger partial charge in [-0.05, 0) is 86.9 Å². The van der Waals surface area contributed by atoms with Gasteiger partial charge in [0, 0.05) is 58.7 Å². The molecule has 1 aliphatic carbocycles. The Morgan fingerprint density at radius 1 is 0.857 bits per heavy atom. The predicted molar refractivity (Wildman–Crippen MR) is 206 cm³/mol. The highest BCUT2D eigenvalue weighted by Crippen LogP contribution is 2.49. The summed E-state index contributed by atoms with van der Waals surface area (Å²) in [7, 11) is 2.07. The zero-order valence-electron chi connectivity index (χ0n) is 31.9. The molecule has 6 rings (SSSR count). The second kappa shape index (κ2) is 13.3. The lowest BCUT2D eigenvalue weighted by Gasteiger charge is -2.31. The van der Waals surface area contributed by atoms with Gasteiger partial charge in [0.15, 0.2) is 12.4 Å². The van der Waals surface area contributed by atoms with Crippen molar-refractivity contribution in [3.05, 3.63) is 136 Å². The summed E-state index contributed by atoms with van der Waals surface area (Å²) in [5.74, 6) is 1.37.